The van der Waals surface area contributed by atoms with Gasteiger partial charge in [-0.1, -0.05) is 34.9 Å². The number of aromatic nitrogens is 4. The molecule has 0 saturated carbocycles. The number of carbonyl (C=O) groups excluding carboxylic acids is 2. The number of carbonyl (C=O) groups is 2. The summed E-state index contributed by atoms with van der Waals surface area (Å²) in [5, 5.41) is 8.36. The summed E-state index contributed by atoms with van der Waals surface area (Å²) >= 11 is 4.23. The number of hydrogen-bond donors (Lipinski definition) is 0. The van der Waals surface area contributed by atoms with E-state index in [1.54, 1.807) is 0 Å². The van der Waals surface area contributed by atoms with Gasteiger partial charge in [-0.15, -0.1) is 10.2 Å². The zero-order valence-electron chi connectivity index (χ0n) is 18.8. The highest BCUT2D eigenvalue weighted by atomic mass is 32.2. The van der Waals surface area contributed by atoms with Crippen molar-refractivity contribution in [3.8, 4) is 0 Å². The summed E-state index contributed by atoms with van der Waals surface area (Å²) in [6.45, 7) is 13.9. The molecule has 0 fully saturated rings. The number of aryl methyl sites for hydroxylation is 2. The van der Waals surface area contributed by atoms with Gasteiger partial charge in [-0.05, 0) is 53.7 Å². The maximum atomic E-state index is 12.7. The minimum Gasteiger partial charge on any atom is -0.349 e. The van der Waals surface area contributed by atoms with Crippen molar-refractivity contribution in [3.05, 3.63) is 46.0 Å². The topological polar surface area (TPSA) is 69.8 Å². The van der Waals surface area contributed by atoms with E-state index in [9.17, 15) is 9.59 Å². The summed E-state index contributed by atoms with van der Waals surface area (Å²) in [5.41, 5.74) is 5.79. The Balaban J connectivity index is 1.56. The highest BCUT2D eigenvalue weighted by Crippen LogP contribution is 2.30. The lowest BCUT2D eigenvalue weighted by Crippen LogP contribution is -2.05. The molecule has 0 unspecified atom stereocenters. The summed E-state index contributed by atoms with van der Waals surface area (Å²) in [5.74, 6) is 0.858. The first-order valence-electron chi connectivity index (χ1n) is 10.3. The zero-order chi connectivity index (χ0) is 22.7. The molecular formula is C22H28N4O2S3. The first kappa shape index (κ1) is 23.8. The Bertz CT molecular complexity index is 1030. The first-order chi connectivity index (χ1) is 14.8. The van der Waals surface area contributed by atoms with Crippen LogP contribution in [0.5, 0.6) is 0 Å². The second kappa shape index (κ2) is 10.2. The zero-order valence-corrected chi connectivity index (χ0v) is 21.3. The molecule has 0 aliphatic heterocycles. The Kier molecular flexibility index (Phi) is 7.82. The molecule has 3 aromatic heterocycles. The van der Waals surface area contributed by atoms with Crippen molar-refractivity contribution >= 4 is 46.4 Å². The van der Waals surface area contributed by atoms with Crippen molar-refractivity contribution in [1.82, 2.24) is 19.3 Å². The van der Waals surface area contributed by atoms with Crippen LogP contribution in [0.1, 0.15) is 57.3 Å². The molecule has 0 aliphatic carbocycles. The maximum absolute atomic E-state index is 12.7. The quantitative estimate of drug-likeness (QED) is 0.290. The molecule has 0 aromatic carbocycles. The molecular weight excluding hydrogens is 448 g/mol. The number of rotatable bonds is 10. The van der Waals surface area contributed by atoms with E-state index in [1.165, 1.54) is 34.9 Å². The van der Waals surface area contributed by atoms with Crippen LogP contribution < -0.4 is 0 Å². The van der Waals surface area contributed by atoms with Crippen LogP contribution in [0.2, 0.25) is 0 Å². The molecule has 31 heavy (non-hydrogen) atoms. The fourth-order valence-corrected chi connectivity index (χ4v) is 6.65. The van der Waals surface area contributed by atoms with Gasteiger partial charge in [-0.2, -0.15) is 0 Å². The Morgan fingerprint density at radius 1 is 0.806 bits per heavy atom. The summed E-state index contributed by atoms with van der Waals surface area (Å²) in [6.07, 6.45) is 0. The molecule has 9 heteroatoms. The highest BCUT2D eigenvalue weighted by molar-refractivity contribution is 8.03. The average Bonchev–Trinajstić information content (AvgIpc) is 3.40. The second-order valence-electron chi connectivity index (χ2n) is 7.32. The van der Waals surface area contributed by atoms with Crippen molar-refractivity contribution in [1.29, 1.82) is 0 Å². The van der Waals surface area contributed by atoms with E-state index in [-0.39, 0.29) is 11.6 Å². The van der Waals surface area contributed by atoms with Crippen LogP contribution in [0.4, 0.5) is 0 Å². The lowest BCUT2D eigenvalue weighted by atomic mass is 10.2. The number of thioether (sulfide) groups is 2. The Morgan fingerprint density at radius 3 is 1.52 bits per heavy atom. The van der Waals surface area contributed by atoms with E-state index in [0.29, 0.717) is 11.5 Å². The predicted octanol–water partition coefficient (Wildman–Crippen LogP) is 5.36. The van der Waals surface area contributed by atoms with Gasteiger partial charge in [0.05, 0.1) is 11.5 Å². The fourth-order valence-electron chi connectivity index (χ4n) is 3.86. The summed E-state index contributed by atoms with van der Waals surface area (Å²) < 4.78 is 5.78. The van der Waals surface area contributed by atoms with Gasteiger partial charge >= 0.3 is 0 Å². The minimum atomic E-state index is 0.101. The Labute approximate surface area is 195 Å². The Hall–Kier alpha value is -1.84. The van der Waals surface area contributed by atoms with Crippen LogP contribution in [0.3, 0.4) is 0 Å². The number of nitrogens with zero attached hydrogens (tertiary/aromatic N) is 4. The van der Waals surface area contributed by atoms with E-state index in [1.807, 2.05) is 39.8 Å². The summed E-state index contributed by atoms with van der Waals surface area (Å²) in [6, 6.07) is 3.93. The number of ketones is 2. The molecule has 3 rings (SSSR count). The van der Waals surface area contributed by atoms with Gasteiger partial charge in [-0.25, -0.2) is 0 Å². The fraction of sp³-hybridized carbons (Fsp3) is 0.455. The van der Waals surface area contributed by atoms with Crippen LogP contribution in [-0.4, -0.2) is 42.4 Å². The molecule has 0 atom stereocenters. The number of hydrogen-bond acceptors (Lipinski definition) is 7. The molecule has 0 spiro atoms. The standard InChI is InChI=1S/C22H28N4O2S3/c1-7-25-13(3)9-17(15(25)5)19(27)11-29-21-23-24-22(31-21)30-12-20(28)18-10-14(4)26(8-2)16(18)6/h9-10H,7-8,11-12H2,1-6H3. The van der Waals surface area contributed by atoms with Crippen molar-refractivity contribution in [2.24, 2.45) is 0 Å². The average molecular weight is 477 g/mol. The first-order valence-corrected chi connectivity index (χ1v) is 13.0. The van der Waals surface area contributed by atoms with E-state index < -0.39 is 0 Å². The summed E-state index contributed by atoms with van der Waals surface area (Å²) in [7, 11) is 0. The lowest BCUT2D eigenvalue weighted by Gasteiger charge is -2.05. The maximum Gasteiger partial charge on any atom is 0.175 e. The predicted molar refractivity (Wildman–Crippen MR) is 129 cm³/mol. The lowest BCUT2D eigenvalue weighted by molar-refractivity contribution is 0.101. The van der Waals surface area contributed by atoms with E-state index in [2.05, 4.69) is 33.2 Å². The van der Waals surface area contributed by atoms with Gasteiger partial charge in [0.15, 0.2) is 20.2 Å². The monoisotopic (exact) mass is 476 g/mol. The molecule has 0 amide bonds. The largest absolute Gasteiger partial charge is 0.349 e. The van der Waals surface area contributed by atoms with Gasteiger partial charge in [-0.3, -0.25) is 9.59 Å². The molecule has 0 N–H and O–H groups in total. The SMILES string of the molecule is CCn1c(C)cc(C(=O)CSc2nnc(SCC(=O)c3cc(C)n(CC)c3C)s2)c1C. The van der Waals surface area contributed by atoms with Crippen molar-refractivity contribution in [3.63, 3.8) is 0 Å². The molecule has 3 heterocycles. The van der Waals surface area contributed by atoms with Crippen LogP contribution >= 0.6 is 34.9 Å². The van der Waals surface area contributed by atoms with Gasteiger partial charge in [0.2, 0.25) is 0 Å². The Morgan fingerprint density at radius 2 is 1.19 bits per heavy atom. The van der Waals surface area contributed by atoms with Crippen LogP contribution in [0, 0.1) is 27.7 Å². The van der Waals surface area contributed by atoms with Crippen LogP contribution in [0.15, 0.2) is 20.8 Å². The minimum absolute atomic E-state index is 0.101. The van der Waals surface area contributed by atoms with Crippen LogP contribution in [-0.2, 0) is 13.1 Å². The smallest absolute Gasteiger partial charge is 0.175 e. The molecule has 0 saturated heterocycles. The third-order valence-electron chi connectivity index (χ3n) is 5.42. The van der Waals surface area contributed by atoms with Gasteiger partial charge < -0.3 is 9.13 Å². The van der Waals surface area contributed by atoms with Crippen LogP contribution in [0.25, 0.3) is 0 Å². The molecule has 3 aromatic rings. The van der Waals surface area contributed by atoms with Gasteiger partial charge in [0.25, 0.3) is 0 Å². The molecule has 6 nitrogen and oxygen atoms in total. The van der Waals surface area contributed by atoms with Crippen molar-refractivity contribution in [2.45, 2.75) is 63.3 Å². The molecule has 0 bridgehead atoms. The summed E-state index contributed by atoms with van der Waals surface area (Å²) in [4.78, 5) is 25.3. The molecule has 166 valence electrons. The highest BCUT2D eigenvalue weighted by Gasteiger charge is 2.18. The van der Waals surface area contributed by atoms with Gasteiger partial charge in [0, 0.05) is 47.0 Å². The van der Waals surface area contributed by atoms with Crippen molar-refractivity contribution < 1.29 is 9.59 Å². The van der Waals surface area contributed by atoms with Gasteiger partial charge in [0.1, 0.15) is 0 Å². The second-order valence-corrected chi connectivity index (χ2v) is 10.7. The third kappa shape index (κ3) is 5.15. The van der Waals surface area contributed by atoms with Crippen molar-refractivity contribution in [2.75, 3.05) is 11.5 Å². The van der Waals surface area contributed by atoms with E-state index in [0.717, 1.165) is 55.7 Å². The molecule has 0 aliphatic rings. The number of Topliss-reactive ketones (excluding diaryl/α,β-unsaturated/α-hetero) is 2. The van der Waals surface area contributed by atoms with E-state index >= 15 is 0 Å². The third-order valence-corrected chi connectivity index (χ3v) is 8.61. The normalized spacial score (nSPS) is 11.3. The molecule has 0 radical (unpaired) electrons. The van der Waals surface area contributed by atoms with E-state index in [4.69, 9.17) is 0 Å².